The maximum atomic E-state index is 14.1. The Kier molecular flexibility index (Phi) is 5.92. The number of carbonyl (C=O) groups excluding carboxylic acids is 1. The monoisotopic (exact) mass is 412 g/mol. The van der Waals surface area contributed by atoms with Crippen molar-refractivity contribution in [1.82, 2.24) is 0 Å². The molecule has 0 amide bonds. The van der Waals surface area contributed by atoms with Crippen LogP contribution in [0.25, 0.3) is 0 Å². The molecule has 0 heterocycles. The zero-order valence-electron chi connectivity index (χ0n) is 13.3. The largest absolute Gasteiger partial charge is 0.492 e. The highest BCUT2D eigenvalue weighted by molar-refractivity contribution is 9.10. The minimum atomic E-state index is -0.795. The average molecular weight is 413 g/mol. The molecule has 2 aromatic rings. The van der Waals surface area contributed by atoms with E-state index in [0.29, 0.717) is 0 Å². The van der Waals surface area contributed by atoms with Gasteiger partial charge in [0, 0.05) is 6.07 Å². The Bertz CT molecular complexity index is 828. The summed E-state index contributed by atoms with van der Waals surface area (Å²) in [7, 11) is 1.20. The Morgan fingerprint density at radius 3 is 2.64 bits per heavy atom. The summed E-state index contributed by atoms with van der Waals surface area (Å²) < 4.78 is 23.8. The number of anilines is 2. The lowest BCUT2D eigenvalue weighted by Gasteiger charge is -2.14. The zero-order valence-corrected chi connectivity index (χ0v) is 14.9. The number of rotatable bonds is 6. The highest BCUT2D eigenvalue weighted by Crippen LogP contribution is 2.43. The molecule has 0 atom stereocenters. The summed E-state index contributed by atoms with van der Waals surface area (Å²) in [5.41, 5.74) is -0.129. The van der Waals surface area contributed by atoms with E-state index in [1.54, 1.807) is 19.1 Å². The van der Waals surface area contributed by atoms with Crippen LogP contribution in [0.15, 0.2) is 34.8 Å². The lowest BCUT2D eigenvalue weighted by molar-refractivity contribution is -0.384. The van der Waals surface area contributed by atoms with Crippen LogP contribution in [0.3, 0.4) is 0 Å². The van der Waals surface area contributed by atoms with Gasteiger partial charge in [0.25, 0.3) is 0 Å². The second-order valence-corrected chi connectivity index (χ2v) is 5.54. The number of nitro benzene ring substituents is 1. The van der Waals surface area contributed by atoms with Gasteiger partial charge in [0.2, 0.25) is 0 Å². The number of ether oxygens (including phenoxy) is 2. The highest BCUT2D eigenvalue weighted by Gasteiger charge is 2.27. The molecule has 132 valence electrons. The molecule has 0 saturated heterocycles. The second kappa shape index (κ2) is 7.93. The van der Waals surface area contributed by atoms with E-state index >= 15 is 0 Å². The minimum Gasteiger partial charge on any atom is -0.492 e. The molecule has 0 saturated carbocycles. The number of nitro groups is 1. The van der Waals surface area contributed by atoms with Crippen LogP contribution in [0.2, 0.25) is 0 Å². The molecular weight excluding hydrogens is 399 g/mol. The third-order valence-corrected chi connectivity index (χ3v) is 3.96. The number of nitrogens with zero attached hydrogens (tertiary/aromatic N) is 1. The van der Waals surface area contributed by atoms with E-state index in [2.05, 4.69) is 21.2 Å². The molecular formula is C16H14BrFN2O5. The third kappa shape index (κ3) is 3.87. The molecule has 0 bridgehead atoms. The standard InChI is InChI=1S/C16H14BrFN2O5/c1-3-25-16(21)9-6-4-5-7-11(9)19-12-8-10(18)15(24-2)13(17)14(12)20(22)23/h4-8,19H,3H2,1-2H3. The number of benzene rings is 2. The quantitative estimate of drug-likeness (QED) is 0.428. The molecule has 2 aromatic carbocycles. The number of halogens is 2. The van der Waals surface area contributed by atoms with Gasteiger partial charge in [-0.1, -0.05) is 12.1 Å². The molecule has 0 radical (unpaired) electrons. The topological polar surface area (TPSA) is 90.7 Å². The molecule has 0 fully saturated rings. The first kappa shape index (κ1) is 18.7. The van der Waals surface area contributed by atoms with Crippen LogP contribution in [0.5, 0.6) is 5.75 Å². The van der Waals surface area contributed by atoms with Gasteiger partial charge in [-0.2, -0.15) is 0 Å². The van der Waals surface area contributed by atoms with Crippen LogP contribution in [0.1, 0.15) is 17.3 Å². The van der Waals surface area contributed by atoms with Gasteiger partial charge in [0.15, 0.2) is 11.6 Å². The summed E-state index contributed by atoms with van der Waals surface area (Å²) in [6, 6.07) is 7.22. The summed E-state index contributed by atoms with van der Waals surface area (Å²) in [6.45, 7) is 1.84. The van der Waals surface area contributed by atoms with Crippen LogP contribution >= 0.6 is 15.9 Å². The maximum Gasteiger partial charge on any atom is 0.340 e. The molecule has 0 aliphatic heterocycles. The number of esters is 1. The normalized spacial score (nSPS) is 10.2. The molecule has 9 heteroatoms. The van der Waals surface area contributed by atoms with E-state index in [9.17, 15) is 19.3 Å². The smallest absolute Gasteiger partial charge is 0.340 e. The number of carbonyl (C=O) groups is 1. The van der Waals surface area contributed by atoms with Crippen LogP contribution in [0, 0.1) is 15.9 Å². The predicted molar refractivity (Wildman–Crippen MR) is 93.0 cm³/mol. The molecule has 0 aromatic heterocycles. The van der Waals surface area contributed by atoms with Crippen molar-refractivity contribution in [2.75, 3.05) is 19.0 Å². The van der Waals surface area contributed by atoms with E-state index in [1.807, 2.05) is 0 Å². The average Bonchev–Trinajstić information content (AvgIpc) is 2.55. The lowest BCUT2D eigenvalue weighted by atomic mass is 10.1. The van der Waals surface area contributed by atoms with Gasteiger partial charge in [-0.25, -0.2) is 9.18 Å². The SMILES string of the molecule is CCOC(=O)c1ccccc1Nc1cc(F)c(OC)c(Br)c1[N+](=O)[O-]. The van der Waals surface area contributed by atoms with E-state index in [1.165, 1.54) is 19.2 Å². The van der Waals surface area contributed by atoms with Crippen LogP contribution in [-0.4, -0.2) is 24.6 Å². The van der Waals surface area contributed by atoms with Crippen molar-refractivity contribution in [3.63, 3.8) is 0 Å². The van der Waals surface area contributed by atoms with Gasteiger partial charge in [-0.15, -0.1) is 0 Å². The van der Waals surface area contributed by atoms with E-state index in [4.69, 9.17) is 9.47 Å². The van der Waals surface area contributed by atoms with Crippen molar-refractivity contribution in [3.05, 3.63) is 56.3 Å². The number of nitrogens with one attached hydrogen (secondary N) is 1. The molecule has 0 aliphatic carbocycles. The van der Waals surface area contributed by atoms with E-state index in [-0.39, 0.29) is 33.8 Å². The van der Waals surface area contributed by atoms with Crippen molar-refractivity contribution < 1.29 is 23.6 Å². The minimum absolute atomic E-state index is 0.132. The Labute approximate surface area is 151 Å². The number of hydrogen-bond acceptors (Lipinski definition) is 6. The summed E-state index contributed by atoms with van der Waals surface area (Å²) in [6.07, 6.45) is 0. The van der Waals surface area contributed by atoms with Crippen LogP contribution < -0.4 is 10.1 Å². The van der Waals surface area contributed by atoms with Gasteiger partial charge < -0.3 is 14.8 Å². The second-order valence-electron chi connectivity index (χ2n) is 4.75. The Morgan fingerprint density at radius 1 is 1.36 bits per heavy atom. The van der Waals surface area contributed by atoms with Gasteiger partial charge >= 0.3 is 11.7 Å². The molecule has 2 rings (SSSR count). The van der Waals surface area contributed by atoms with Gasteiger partial charge in [0.1, 0.15) is 10.2 Å². The summed E-state index contributed by atoms with van der Waals surface area (Å²) >= 11 is 2.99. The molecule has 25 heavy (non-hydrogen) atoms. The fourth-order valence-corrected chi connectivity index (χ4v) is 2.89. The number of para-hydroxylation sites is 1. The van der Waals surface area contributed by atoms with Crippen LogP contribution in [0.4, 0.5) is 21.5 Å². The molecule has 0 spiro atoms. The molecule has 0 aliphatic rings. The molecule has 0 unspecified atom stereocenters. The Balaban J connectivity index is 2.55. The summed E-state index contributed by atoms with van der Waals surface area (Å²) in [4.78, 5) is 22.7. The third-order valence-electron chi connectivity index (χ3n) is 3.23. The summed E-state index contributed by atoms with van der Waals surface area (Å²) in [5, 5.41) is 14.1. The fraction of sp³-hybridized carbons (Fsp3) is 0.188. The van der Waals surface area contributed by atoms with Gasteiger partial charge in [-0.05, 0) is 35.0 Å². The number of hydrogen-bond donors (Lipinski definition) is 1. The highest BCUT2D eigenvalue weighted by atomic mass is 79.9. The summed E-state index contributed by atoms with van der Waals surface area (Å²) in [5.74, 6) is -1.67. The van der Waals surface area contributed by atoms with Crippen molar-refractivity contribution in [1.29, 1.82) is 0 Å². The van der Waals surface area contributed by atoms with Crippen molar-refractivity contribution in [2.45, 2.75) is 6.92 Å². The van der Waals surface area contributed by atoms with Crippen LogP contribution in [-0.2, 0) is 4.74 Å². The van der Waals surface area contributed by atoms with Gasteiger partial charge in [-0.3, -0.25) is 10.1 Å². The molecule has 7 nitrogen and oxygen atoms in total. The van der Waals surface area contributed by atoms with Crippen molar-refractivity contribution in [2.24, 2.45) is 0 Å². The molecule has 1 N–H and O–H groups in total. The first-order valence-electron chi connectivity index (χ1n) is 7.14. The van der Waals surface area contributed by atoms with E-state index in [0.717, 1.165) is 6.07 Å². The van der Waals surface area contributed by atoms with Crippen molar-refractivity contribution >= 4 is 39.0 Å². The lowest BCUT2D eigenvalue weighted by Crippen LogP contribution is -2.09. The van der Waals surface area contributed by atoms with E-state index < -0.39 is 22.4 Å². The Hall–Kier alpha value is -2.68. The Morgan fingerprint density at radius 2 is 2.04 bits per heavy atom. The first-order valence-corrected chi connectivity index (χ1v) is 7.93. The zero-order chi connectivity index (χ0) is 18.6. The number of methoxy groups -OCH3 is 1. The maximum absolute atomic E-state index is 14.1. The predicted octanol–water partition coefficient (Wildman–Crippen LogP) is 4.43. The van der Waals surface area contributed by atoms with Gasteiger partial charge in [0.05, 0.1) is 29.9 Å². The fourth-order valence-electron chi connectivity index (χ4n) is 2.18. The first-order chi connectivity index (χ1) is 11.9. The van der Waals surface area contributed by atoms with Crippen molar-refractivity contribution in [3.8, 4) is 5.75 Å².